The molecular weight excluding hydrogens is 240 g/mol. The molecule has 0 unspecified atom stereocenters. The molecule has 0 saturated heterocycles. The van der Waals surface area contributed by atoms with Gasteiger partial charge in [0.25, 0.3) is 5.88 Å². The molecule has 2 heterocycles. The van der Waals surface area contributed by atoms with E-state index in [1.165, 1.54) is 0 Å². The van der Waals surface area contributed by atoms with Gasteiger partial charge < -0.3 is 9.14 Å². The van der Waals surface area contributed by atoms with Crippen LogP contribution in [0.5, 0.6) is 5.88 Å². The smallest absolute Gasteiger partial charge is 0.258 e. The minimum atomic E-state index is 0.347. The molecule has 0 fully saturated rings. The largest absolute Gasteiger partial charge is 0.469 e. The third kappa shape index (κ3) is 3.28. The number of fused-ring (bicyclic) bond motifs is 1. The minimum absolute atomic E-state index is 0.347. The Bertz CT molecular complexity index is 640. The fourth-order valence-corrected chi connectivity index (χ4v) is 1.46. The van der Waals surface area contributed by atoms with Gasteiger partial charge in [-0.2, -0.15) is 0 Å². The van der Waals surface area contributed by atoms with E-state index in [-0.39, 0.29) is 0 Å². The first-order chi connectivity index (χ1) is 9.20. The van der Waals surface area contributed by atoms with Gasteiger partial charge in [-0.15, -0.1) is 0 Å². The molecule has 5 heteroatoms. The molecule has 2 aromatic rings. The first-order valence-electron chi connectivity index (χ1n) is 5.96. The summed E-state index contributed by atoms with van der Waals surface area (Å²) in [5, 5.41) is 0. The Morgan fingerprint density at radius 3 is 2.84 bits per heavy atom. The lowest BCUT2D eigenvalue weighted by atomic mass is 10.4. The monoisotopic (exact) mass is 256 g/mol. The van der Waals surface area contributed by atoms with Crippen LogP contribution in [-0.4, -0.2) is 27.2 Å². The van der Waals surface area contributed by atoms with Crippen LogP contribution in [0.1, 0.15) is 13.8 Å². The van der Waals surface area contributed by atoms with Crippen molar-refractivity contribution in [2.75, 3.05) is 6.61 Å². The highest BCUT2D eigenvalue weighted by atomic mass is 16.5. The van der Waals surface area contributed by atoms with Gasteiger partial charge in [-0.25, -0.2) is 9.97 Å². The Balaban J connectivity index is 2.09. The van der Waals surface area contributed by atoms with Gasteiger partial charge in [0.15, 0.2) is 5.65 Å². The number of rotatable bonds is 5. The molecule has 0 spiro atoms. The second kappa shape index (κ2) is 5.95. The lowest BCUT2D eigenvalue weighted by molar-refractivity contribution is 0.339. The molecule has 0 aliphatic rings. The van der Waals surface area contributed by atoms with Gasteiger partial charge in [0.2, 0.25) is 0 Å². The van der Waals surface area contributed by atoms with E-state index in [0.29, 0.717) is 18.1 Å². The van der Waals surface area contributed by atoms with Gasteiger partial charge >= 0.3 is 0 Å². The van der Waals surface area contributed by atoms with E-state index in [2.05, 4.69) is 21.5 Å². The van der Waals surface area contributed by atoms with Crippen LogP contribution < -0.4 is 4.74 Å². The third-order valence-electron chi connectivity index (χ3n) is 2.42. The summed E-state index contributed by atoms with van der Waals surface area (Å²) in [5.41, 5.74) is 2.41. The molecule has 0 amide bonds. The average molecular weight is 256 g/mol. The van der Waals surface area contributed by atoms with Gasteiger partial charge in [-0.1, -0.05) is 12.7 Å². The van der Waals surface area contributed by atoms with Crippen molar-refractivity contribution >= 4 is 11.9 Å². The van der Waals surface area contributed by atoms with E-state index in [4.69, 9.17) is 4.74 Å². The van der Waals surface area contributed by atoms with Crippen LogP contribution in [-0.2, 0) is 0 Å². The molecule has 0 radical (unpaired) electrons. The van der Waals surface area contributed by atoms with Gasteiger partial charge in [0.05, 0.1) is 5.70 Å². The number of nitrogens with zero attached hydrogens (tertiary/aromatic N) is 4. The molecule has 0 atom stereocenters. The number of aromatic nitrogens is 3. The zero-order chi connectivity index (χ0) is 13.7. The zero-order valence-corrected chi connectivity index (χ0v) is 11.1. The summed E-state index contributed by atoms with van der Waals surface area (Å²) in [5.74, 6) is 0.498. The molecular formula is C14H16N4O. The van der Waals surface area contributed by atoms with Crippen LogP contribution in [0.25, 0.3) is 5.65 Å². The van der Waals surface area contributed by atoms with Crippen LogP contribution in [0.3, 0.4) is 0 Å². The van der Waals surface area contributed by atoms with Crippen molar-refractivity contribution in [1.82, 2.24) is 14.4 Å². The van der Waals surface area contributed by atoms with Gasteiger partial charge in [-0.05, 0) is 19.4 Å². The maximum Gasteiger partial charge on any atom is 0.258 e. The molecule has 5 nitrogen and oxygen atoms in total. The lowest BCUT2D eigenvalue weighted by Crippen LogP contribution is -2.03. The number of aliphatic imine (C=N–C) groups is 1. The Kier molecular flexibility index (Phi) is 4.07. The maximum atomic E-state index is 5.66. The Morgan fingerprint density at radius 2 is 2.16 bits per heavy atom. The van der Waals surface area contributed by atoms with Crippen molar-refractivity contribution in [3.63, 3.8) is 0 Å². The maximum absolute atomic E-state index is 5.66. The Hall–Kier alpha value is -2.43. The highest BCUT2D eigenvalue weighted by Crippen LogP contribution is 2.14. The molecule has 0 aromatic carbocycles. The topological polar surface area (TPSA) is 51.8 Å². The van der Waals surface area contributed by atoms with Crippen LogP contribution in [0.2, 0.25) is 0 Å². The highest BCUT2D eigenvalue weighted by Gasteiger charge is 2.05. The predicted molar refractivity (Wildman–Crippen MR) is 75.5 cm³/mol. The molecule has 0 saturated carbocycles. The number of imidazole rings is 1. The van der Waals surface area contributed by atoms with Crippen LogP contribution in [0, 0.1) is 0 Å². The number of hydrogen-bond donors (Lipinski definition) is 0. The second-order valence-electron chi connectivity index (χ2n) is 4.06. The van der Waals surface area contributed by atoms with Crippen molar-refractivity contribution < 1.29 is 4.74 Å². The second-order valence-corrected chi connectivity index (χ2v) is 4.06. The summed E-state index contributed by atoms with van der Waals surface area (Å²) < 4.78 is 7.51. The summed E-state index contributed by atoms with van der Waals surface area (Å²) >= 11 is 0. The summed E-state index contributed by atoms with van der Waals surface area (Å²) in [7, 11) is 0. The van der Waals surface area contributed by atoms with Crippen LogP contribution in [0.4, 0.5) is 0 Å². The highest BCUT2D eigenvalue weighted by molar-refractivity contribution is 5.77. The fraction of sp³-hybridized carbons (Fsp3) is 0.214. The molecule has 0 N–H and O–H groups in total. The fourth-order valence-electron chi connectivity index (χ4n) is 1.46. The van der Waals surface area contributed by atoms with Crippen molar-refractivity contribution in [2.45, 2.75) is 13.8 Å². The first-order valence-corrected chi connectivity index (χ1v) is 5.96. The molecule has 2 aromatic heterocycles. The van der Waals surface area contributed by atoms with Gasteiger partial charge in [0.1, 0.15) is 6.61 Å². The standard InChI is InChI=1S/C14H16N4O/c1-4-12(17-9-11(2)3)10-19-14-13-15-5-7-18(13)8-6-16-14/h4-9H,2,10H2,1,3H3/b12-4-,17-9?. The number of hydrogen-bond acceptors (Lipinski definition) is 4. The van der Waals surface area contributed by atoms with Gasteiger partial charge in [0, 0.05) is 31.0 Å². The van der Waals surface area contributed by atoms with Crippen LogP contribution >= 0.6 is 0 Å². The summed E-state index contributed by atoms with van der Waals surface area (Å²) in [6.07, 6.45) is 10.7. The van der Waals surface area contributed by atoms with Crippen molar-refractivity contribution in [3.8, 4) is 5.88 Å². The molecule has 0 aliphatic carbocycles. The summed E-state index contributed by atoms with van der Waals surface area (Å²) in [4.78, 5) is 12.7. The molecule has 0 bridgehead atoms. The molecule has 19 heavy (non-hydrogen) atoms. The van der Waals surface area contributed by atoms with Crippen molar-refractivity contribution in [3.05, 3.63) is 48.7 Å². The van der Waals surface area contributed by atoms with Gasteiger partial charge in [-0.3, -0.25) is 4.99 Å². The zero-order valence-electron chi connectivity index (χ0n) is 11.1. The van der Waals surface area contributed by atoms with E-state index < -0.39 is 0 Å². The van der Waals surface area contributed by atoms with Crippen molar-refractivity contribution in [1.29, 1.82) is 0 Å². The minimum Gasteiger partial charge on any atom is -0.469 e. The van der Waals surface area contributed by atoms with E-state index >= 15 is 0 Å². The van der Waals surface area contributed by atoms with Crippen molar-refractivity contribution in [2.24, 2.45) is 4.99 Å². The summed E-state index contributed by atoms with van der Waals surface area (Å²) in [6.45, 7) is 7.93. The molecule has 2 rings (SSSR count). The van der Waals surface area contributed by atoms with E-state index in [9.17, 15) is 0 Å². The number of allylic oxidation sites excluding steroid dienone is 2. The average Bonchev–Trinajstić information content (AvgIpc) is 2.87. The quantitative estimate of drug-likeness (QED) is 0.773. The molecule has 98 valence electrons. The SMILES string of the molecule is C=C(C)C=N/C(=C\C)COc1nccn2ccnc12. The van der Waals surface area contributed by atoms with E-state index in [0.717, 1.165) is 11.3 Å². The van der Waals surface area contributed by atoms with E-state index in [1.807, 2.05) is 36.7 Å². The summed E-state index contributed by atoms with van der Waals surface area (Å²) in [6, 6.07) is 0. The number of ether oxygens (including phenoxy) is 1. The Morgan fingerprint density at radius 1 is 1.42 bits per heavy atom. The predicted octanol–water partition coefficient (Wildman–Crippen LogP) is 2.66. The van der Waals surface area contributed by atoms with E-state index in [1.54, 1.807) is 18.6 Å². The lowest BCUT2D eigenvalue weighted by Gasteiger charge is -2.06. The normalized spacial score (nSPS) is 12.2. The first kappa shape index (κ1) is 13.0. The third-order valence-corrected chi connectivity index (χ3v) is 2.42. The van der Waals surface area contributed by atoms with Crippen LogP contribution in [0.15, 0.2) is 53.7 Å². The Labute approximate surface area is 112 Å². The molecule has 0 aliphatic heterocycles.